The lowest BCUT2D eigenvalue weighted by Gasteiger charge is -2.36. The maximum atomic E-state index is 8.66. The summed E-state index contributed by atoms with van der Waals surface area (Å²) in [6.07, 6.45) is 16.6. The molecule has 3 atom stereocenters. The van der Waals surface area contributed by atoms with E-state index in [-0.39, 0.29) is 11.3 Å². The van der Waals surface area contributed by atoms with Crippen LogP contribution >= 0.6 is 46.6 Å². The number of nitrogens with one attached hydrogen (secondary N) is 2. The van der Waals surface area contributed by atoms with Crippen molar-refractivity contribution in [3.63, 3.8) is 0 Å². The number of thioether (sulfide) groups is 1. The molecule has 9 aliphatic rings. The minimum absolute atomic E-state index is 0.236. The Bertz CT molecular complexity index is 7530. The van der Waals surface area contributed by atoms with Gasteiger partial charge < -0.3 is 73.2 Å². The SMILES string of the molecule is CCC(C)C1=CCC(N(C)C(=N)N2CCc3ccccc32)CC1.Cc1ccc(N=C(N)N2CCc3ccccc32)cc1C.Cc1ccccc1N=C(N)N1CSc2ccccc21.NC(=Nc1ccc(Cl)c(Cl)c1Cl)N1CCc2ccccc21.NC(=Nc1ccc2c(c1)CCC2)N1CCc2ccccc21.NC(=Nc1ccc2ccccc2c1)N1CCc2ccccc21.NC(Nc1cccc(-c2ccccc2)c1)N1CCc2ccccc21. The highest BCUT2D eigenvalue weighted by Crippen LogP contribution is 2.43. The monoisotopic (exact) mass is 2060 g/mol. The average Bonchev–Trinajstić information content (AvgIpc) is 1.68. The molecule has 21 nitrogen and oxygen atoms in total. The van der Waals surface area contributed by atoms with Crippen LogP contribution < -0.4 is 74.0 Å². The van der Waals surface area contributed by atoms with E-state index < -0.39 is 0 Å². The molecule has 0 fully saturated rings. The Labute approximate surface area is 902 Å². The molecule has 150 heavy (non-hydrogen) atoms. The van der Waals surface area contributed by atoms with E-state index in [0.717, 1.165) is 135 Å². The Morgan fingerprint density at radius 3 is 1.41 bits per heavy atom. The van der Waals surface area contributed by atoms with Gasteiger partial charge in [0.05, 0.1) is 55.1 Å². The van der Waals surface area contributed by atoms with Gasteiger partial charge in [-0.05, 0) is 309 Å². The number of guanidine groups is 6. The minimum Gasteiger partial charge on any atom is -0.369 e. The molecule has 0 aromatic heterocycles. The van der Waals surface area contributed by atoms with E-state index in [9.17, 15) is 0 Å². The van der Waals surface area contributed by atoms with Gasteiger partial charge in [0.2, 0.25) is 29.8 Å². The summed E-state index contributed by atoms with van der Waals surface area (Å²) in [5.74, 6) is 4.84. The van der Waals surface area contributed by atoms with Gasteiger partial charge in [0.15, 0.2) is 12.2 Å². The van der Waals surface area contributed by atoms with Crippen molar-refractivity contribution in [2.75, 3.05) is 91.8 Å². The Kier molecular flexibility index (Phi) is 34.3. The van der Waals surface area contributed by atoms with Crippen LogP contribution in [-0.4, -0.2) is 105 Å². The fourth-order valence-electron chi connectivity index (χ4n) is 20.6. The number of aryl methyl sites for hydroxylation is 5. The van der Waals surface area contributed by atoms with Crippen LogP contribution in [0.2, 0.25) is 15.1 Å². The molecule has 7 aliphatic heterocycles. The molecule has 0 radical (unpaired) electrons. The van der Waals surface area contributed by atoms with E-state index >= 15 is 0 Å². The van der Waals surface area contributed by atoms with Gasteiger partial charge in [-0.2, -0.15) is 0 Å². The van der Waals surface area contributed by atoms with Crippen LogP contribution in [0.4, 0.5) is 73.9 Å². The van der Waals surface area contributed by atoms with E-state index in [1.54, 1.807) is 29.5 Å². The maximum absolute atomic E-state index is 8.66. The predicted molar refractivity (Wildman–Crippen MR) is 636 cm³/mol. The van der Waals surface area contributed by atoms with Crippen molar-refractivity contribution in [3.8, 4) is 11.1 Å². The molecule has 7 heterocycles. The van der Waals surface area contributed by atoms with Gasteiger partial charge in [0.25, 0.3) is 0 Å². The lowest BCUT2D eigenvalue weighted by atomic mass is 9.86. The van der Waals surface area contributed by atoms with Crippen LogP contribution in [-0.2, 0) is 51.4 Å². The maximum Gasteiger partial charge on any atom is 0.201 e. The summed E-state index contributed by atoms with van der Waals surface area (Å²) >= 11 is 19.9. The summed E-state index contributed by atoms with van der Waals surface area (Å²) in [6, 6.07) is 116. The van der Waals surface area contributed by atoms with Crippen molar-refractivity contribution < 1.29 is 0 Å². The number of rotatable bonds is 12. The third kappa shape index (κ3) is 25.1. The molecular formula is C125H132Cl3N21S. The number of hydrogen-bond donors (Lipinski definition) is 8. The van der Waals surface area contributed by atoms with Gasteiger partial charge in [-0.3, -0.25) is 11.1 Å². The van der Waals surface area contributed by atoms with Crippen LogP contribution in [0.3, 0.4) is 0 Å². The number of halogens is 3. The highest BCUT2D eigenvalue weighted by molar-refractivity contribution is 8.00. The summed E-state index contributed by atoms with van der Waals surface area (Å²) in [5, 5.41) is 15.5. The van der Waals surface area contributed by atoms with E-state index in [1.807, 2.05) is 114 Å². The quantitative estimate of drug-likeness (QED) is 0.0186. The second-order valence-corrected chi connectivity index (χ2v) is 41.0. The molecule has 0 spiro atoms. The second kappa shape index (κ2) is 49.2. The molecule has 0 amide bonds. The summed E-state index contributed by atoms with van der Waals surface area (Å²) in [6.45, 7) is 16.2. The number of para-hydroxylation sites is 8. The Morgan fingerprint density at radius 2 is 0.840 bits per heavy atom. The lowest BCUT2D eigenvalue weighted by Crippen LogP contribution is -2.46. The standard InChI is InChI=1S/C21H21N3.C20H29N3.C19H17N3.C18H19N3.C17H19N3.C15H12Cl3N3.C15H15N3S/c22-21(24-14-13-17-9-4-5-12-20(17)24)23-19-11-6-10-18(15-19)16-7-2-1-3-8-16;1-4-15(2)16-9-11-18(12-10-16)22(3)20(21)23-14-13-17-7-5-6-8-19(17)23;20-19(22-12-11-15-6-3-4-8-18(15)22)21-17-10-9-14-5-1-2-7-16(14)13-17;19-18(21-11-10-14-4-1-2-7-17(14)21)20-16-9-8-13-5-3-6-15(13)12-16;1-12-7-8-15(11-13(12)2)19-17(18)20-10-9-14-5-3-4-6-16(14)20;16-10-5-6-11(14(18)13(10)17)20-15(19)21-8-7-9-3-1-2-4-12(9)21;1-11-6-2-3-7-12(11)17-15(16)18-10-19-14-9-5-4-8-13(14)18/h1-12,15,21,23H,13-14,22H2;5-9,15,18,21H,4,10-14H2,1-3H3;1-10,13H,11-12H2,(H2,20,21);1-2,4,7-9,12H,3,5-6,10-11H2,(H2,19,20);3-8,11H,9-10H2,1-2H3,(H2,18,19);1-6H,7-8H2,(H2,19,20);2-9H,10H2,1H3,(H2,16,17). The first-order valence-electron chi connectivity index (χ1n) is 51.9. The highest BCUT2D eigenvalue weighted by atomic mass is 35.5. The largest absolute Gasteiger partial charge is 0.369 e. The summed E-state index contributed by atoms with van der Waals surface area (Å²) in [7, 11) is 2.09. The molecule has 15 aromatic carbocycles. The van der Waals surface area contributed by atoms with Crippen LogP contribution in [0.25, 0.3) is 21.9 Å². The van der Waals surface area contributed by atoms with Gasteiger partial charge >= 0.3 is 0 Å². The van der Waals surface area contributed by atoms with Crippen LogP contribution in [0.15, 0.2) is 381 Å². The number of aliphatic imine (C=N–C) groups is 5. The van der Waals surface area contributed by atoms with Crippen molar-refractivity contribution in [3.05, 3.63) is 428 Å². The zero-order valence-electron chi connectivity index (χ0n) is 86.1. The normalized spacial score (nSPS) is 15.9. The van der Waals surface area contributed by atoms with Crippen molar-refractivity contribution in [1.29, 1.82) is 5.41 Å². The molecule has 764 valence electrons. The molecule has 0 saturated carbocycles. The number of fused-ring (bicyclic) bond motifs is 9. The predicted octanol–water partition coefficient (Wildman–Crippen LogP) is 27.0. The number of benzene rings is 15. The molecule has 3 unspecified atom stereocenters. The first-order chi connectivity index (χ1) is 73.0. The number of nitrogens with two attached hydrogens (primary N) is 6. The molecule has 24 rings (SSSR count). The average molecular weight is 2070 g/mol. The number of nitrogens with zero attached hydrogens (tertiary/aromatic N) is 13. The number of allylic oxidation sites excluding steroid dienone is 1. The molecule has 15 aromatic rings. The molecular weight excluding hydrogens is 1930 g/mol. The summed E-state index contributed by atoms with van der Waals surface area (Å²) in [5.41, 5.74) is 69.4. The zero-order chi connectivity index (χ0) is 104. The molecule has 0 bridgehead atoms. The van der Waals surface area contributed by atoms with Crippen molar-refractivity contribution >= 4 is 167 Å². The molecule has 25 heteroatoms. The molecule has 0 saturated heterocycles. The Morgan fingerprint density at radius 1 is 0.387 bits per heavy atom. The van der Waals surface area contributed by atoms with Crippen molar-refractivity contribution in [1.82, 2.24) is 4.90 Å². The topological polar surface area (TPSA) is 280 Å². The van der Waals surface area contributed by atoms with E-state index in [1.165, 1.54) is 149 Å². The number of anilines is 8. The van der Waals surface area contributed by atoms with Crippen molar-refractivity contribution in [2.24, 2.45) is 65.3 Å². The lowest BCUT2D eigenvalue weighted by molar-refractivity contribution is 0.324. The first-order valence-corrected chi connectivity index (χ1v) is 54.0. The molecule has 14 N–H and O–H groups in total. The van der Waals surface area contributed by atoms with Gasteiger partial charge in [0.1, 0.15) is 0 Å². The van der Waals surface area contributed by atoms with Crippen LogP contribution in [0, 0.1) is 32.1 Å². The van der Waals surface area contributed by atoms with Gasteiger partial charge in [-0.25, -0.2) is 25.0 Å². The smallest absolute Gasteiger partial charge is 0.201 e. The van der Waals surface area contributed by atoms with Crippen LogP contribution in [0.1, 0.15) is 107 Å². The summed E-state index contributed by atoms with van der Waals surface area (Å²) < 4.78 is 0. The third-order valence-electron chi connectivity index (χ3n) is 29.3. The zero-order valence-corrected chi connectivity index (χ0v) is 89.2. The first kappa shape index (κ1) is 105. The van der Waals surface area contributed by atoms with E-state index in [4.69, 9.17) is 74.6 Å². The van der Waals surface area contributed by atoms with E-state index in [2.05, 4.69) is 331 Å². The van der Waals surface area contributed by atoms with Gasteiger partial charge in [0, 0.05) is 97.1 Å². The van der Waals surface area contributed by atoms with Gasteiger partial charge in [-0.15, -0.1) is 11.8 Å². The van der Waals surface area contributed by atoms with E-state index in [0.29, 0.717) is 63.4 Å². The fourth-order valence-corrected chi connectivity index (χ4v) is 22.2. The van der Waals surface area contributed by atoms with Crippen LogP contribution in [0.5, 0.6) is 0 Å². The number of hydrogen-bond acceptors (Lipinski definition) is 10. The van der Waals surface area contributed by atoms with Crippen molar-refractivity contribution in [2.45, 2.75) is 135 Å². The Balaban J connectivity index is 0.000000114. The second-order valence-electron chi connectivity index (χ2n) is 38.8. The third-order valence-corrected chi connectivity index (χ3v) is 31.6. The Hall–Kier alpha value is -15.3. The highest BCUT2D eigenvalue weighted by Gasteiger charge is 2.32. The fraction of sp³-hybridized carbons (Fsp3) is 0.232. The van der Waals surface area contributed by atoms with Gasteiger partial charge in [-0.1, -0.05) is 285 Å². The minimum atomic E-state index is -0.236. The molecule has 2 aliphatic carbocycles. The summed E-state index contributed by atoms with van der Waals surface area (Å²) in [4.78, 5) is 40.9.